The fourth-order valence-electron chi connectivity index (χ4n) is 2.21. The Bertz CT molecular complexity index is 476. The van der Waals surface area contributed by atoms with Crippen LogP contribution in [0.25, 0.3) is 0 Å². The van der Waals surface area contributed by atoms with Crippen molar-refractivity contribution in [3.8, 4) is 5.75 Å². The Morgan fingerprint density at radius 2 is 2.33 bits per heavy atom. The van der Waals surface area contributed by atoms with Crippen molar-refractivity contribution in [2.75, 3.05) is 24.8 Å². The van der Waals surface area contributed by atoms with Crippen molar-refractivity contribution in [3.05, 3.63) is 17.7 Å². The van der Waals surface area contributed by atoms with Crippen molar-refractivity contribution in [1.29, 1.82) is 0 Å². The molecular weight excluding hydrogens is 250 g/mol. The van der Waals surface area contributed by atoms with E-state index in [1.807, 2.05) is 24.1 Å². The van der Waals surface area contributed by atoms with E-state index in [-0.39, 0.29) is 12.5 Å². The molecule has 0 fully saturated rings. The van der Waals surface area contributed by atoms with E-state index in [9.17, 15) is 4.79 Å². The summed E-state index contributed by atoms with van der Waals surface area (Å²) >= 11 is 1.71. The van der Waals surface area contributed by atoms with Crippen LogP contribution in [0.1, 0.15) is 12.0 Å². The van der Waals surface area contributed by atoms with Crippen LogP contribution in [-0.4, -0.2) is 37.0 Å². The molecule has 1 aromatic rings. The largest absolute Gasteiger partial charge is 0.495 e. The highest BCUT2D eigenvalue weighted by Crippen LogP contribution is 2.45. The fraction of sp³-hybridized carbons (Fsp3) is 0.462. The van der Waals surface area contributed by atoms with Gasteiger partial charge in [-0.2, -0.15) is 0 Å². The fourth-order valence-corrected chi connectivity index (χ4v) is 3.58. The molecule has 1 heterocycles. The molecule has 1 aromatic carbocycles. The van der Waals surface area contributed by atoms with Crippen LogP contribution < -0.4 is 9.64 Å². The molecule has 0 amide bonds. The summed E-state index contributed by atoms with van der Waals surface area (Å²) in [6.45, 7) is 2.07. The van der Waals surface area contributed by atoms with Crippen molar-refractivity contribution in [1.82, 2.24) is 0 Å². The predicted molar refractivity (Wildman–Crippen MR) is 72.9 cm³/mol. The number of carboxylic acid groups (broad SMARTS) is 1. The Balaban J connectivity index is 2.41. The molecule has 1 aliphatic heterocycles. The van der Waals surface area contributed by atoms with E-state index in [0.717, 1.165) is 17.2 Å². The Morgan fingerprint density at radius 1 is 1.61 bits per heavy atom. The Hall–Kier alpha value is -1.36. The minimum absolute atomic E-state index is 0.00991. The first-order valence-corrected chi connectivity index (χ1v) is 6.78. The third-order valence-corrected chi connectivity index (χ3v) is 4.60. The van der Waals surface area contributed by atoms with Crippen molar-refractivity contribution in [2.45, 2.75) is 24.3 Å². The predicted octanol–water partition coefficient (Wildman–Crippen LogP) is 2.39. The lowest BCUT2D eigenvalue weighted by molar-refractivity contribution is -0.137. The average molecular weight is 267 g/mol. The van der Waals surface area contributed by atoms with Gasteiger partial charge in [0.25, 0.3) is 0 Å². The lowest BCUT2D eigenvalue weighted by Gasteiger charge is -2.36. The first kappa shape index (κ1) is 13.1. The standard InChI is InChI=1S/C13H17NO3S/c1-8-4-5-10(17-3)12-13(8)18-7-9(14(12)2)6-11(15)16/h4-5,9H,6-7H2,1-3H3,(H,15,16). The molecule has 0 spiro atoms. The van der Waals surface area contributed by atoms with Crippen LogP contribution in [0.2, 0.25) is 0 Å². The second-order valence-corrected chi connectivity index (χ2v) is 5.47. The molecule has 1 aliphatic rings. The zero-order valence-corrected chi connectivity index (χ0v) is 11.6. The molecule has 1 N–H and O–H groups in total. The van der Waals surface area contributed by atoms with Gasteiger partial charge in [-0.1, -0.05) is 6.07 Å². The SMILES string of the molecule is COc1ccc(C)c2c1N(C)C(CC(=O)O)CS2. The summed E-state index contributed by atoms with van der Waals surface area (Å²) in [5.74, 6) is 0.840. The molecule has 5 heteroatoms. The van der Waals surface area contributed by atoms with Gasteiger partial charge >= 0.3 is 5.97 Å². The third-order valence-electron chi connectivity index (χ3n) is 3.24. The number of benzene rings is 1. The lowest BCUT2D eigenvalue weighted by Crippen LogP contribution is -2.38. The van der Waals surface area contributed by atoms with Gasteiger partial charge < -0.3 is 14.7 Å². The summed E-state index contributed by atoms with van der Waals surface area (Å²) in [4.78, 5) is 14.1. The first-order chi connectivity index (χ1) is 8.54. The number of aryl methyl sites for hydroxylation is 1. The van der Waals surface area contributed by atoms with Crippen LogP contribution >= 0.6 is 11.8 Å². The third kappa shape index (κ3) is 2.27. The monoisotopic (exact) mass is 267 g/mol. The topological polar surface area (TPSA) is 49.8 Å². The average Bonchev–Trinajstić information content (AvgIpc) is 2.33. The maximum Gasteiger partial charge on any atom is 0.305 e. The number of fused-ring (bicyclic) bond motifs is 1. The van der Waals surface area contributed by atoms with E-state index in [1.165, 1.54) is 10.5 Å². The molecule has 2 rings (SSSR count). The molecule has 1 unspecified atom stereocenters. The molecule has 0 radical (unpaired) electrons. The minimum Gasteiger partial charge on any atom is -0.495 e. The van der Waals surface area contributed by atoms with Gasteiger partial charge in [0.05, 0.1) is 19.2 Å². The molecule has 0 aliphatic carbocycles. The van der Waals surface area contributed by atoms with Gasteiger partial charge in [-0.15, -0.1) is 11.8 Å². The number of ether oxygens (including phenoxy) is 1. The molecule has 0 bridgehead atoms. The Kier molecular flexibility index (Phi) is 3.71. The highest BCUT2D eigenvalue weighted by molar-refractivity contribution is 7.99. The maximum absolute atomic E-state index is 10.9. The van der Waals surface area contributed by atoms with Gasteiger partial charge in [0.15, 0.2) is 0 Å². The number of carboxylic acids is 1. The van der Waals surface area contributed by atoms with Gasteiger partial charge in [-0.3, -0.25) is 4.79 Å². The molecule has 98 valence electrons. The summed E-state index contributed by atoms with van der Waals surface area (Å²) in [6.07, 6.45) is 0.153. The quantitative estimate of drug-likeness (QED) is 0.911. The number of thioether (sulfide) groups is 1. The van der Waals surface area contributed by atoms with Gasteiger partial charge in [-0.05, 0) is 18.6 Å². The van der Waals surface area contributed by atoms with E-state index < -0.39 is 5.97 Å². The summed E-state index contributed by atoms with van der Waals surface area (Å²) in [5, 5.41) is 8.95. The highest BCUT2D eigenvalue weighted by Gasteiger charge is 2.29. The number of anilines is 1. The molecule has 18 heavy (non-hydrogen) atoms. The maximum atomic E-state index is 10.9. The van der Waals surface area contributed by atoms with Crippen LogP contribution in [0.5, 0.6) is 5.75 Å². The number of methoxy groups -OCH3 is 1. The van der Waals surface area contributed by atoms with E-state index >= 15 is 0 Å². The van der Waals surface area contributed by atoms with Crippen molar-refractivity contribution in [3.63, 3.8) is 0 Å². The summed E-state index contributed by atoms with van der Waals surface area (Å²) in [5.41, 5.74) is 2.22. The summed E-state index contributed by atoms with van der Waals surface area (Å²) < 4.78 is 5.39. The Morgan fingerprint density at radius 3 is 2.94 bits per heavy atom. The van der Waals surface area contributed by atoms with Crippen molar-refractivity contribution in [2.24, 2.45) is 0 Å². The van der Waals surface area contributed by atoms with Crippen LogP contribution in [0, 0.1) is 6.92 Å². The summed E-state index contributed by atoms with van der Waals surface area (Å²) in [7, 11) is 3.58. The first-order valence-electron chi connectivity index (χ1n) is 5.79. The van der Waals surface area contributed by atoms with Gasteiger partial charge in [-0.25, -0.2) is 0 Å². The zero-order chi connectivity index (χ0) is 13.3. The number of hydrogen-bond donors (Lipinski definition) is 1. The van der Waals surface area contributed by atoms with Gasteiger partial charge in [0.2, 0.25) is 0 Å². The Labute approximate surface area is 111 Å². The number of rotatable bonds is 3. The number of carbonyl (C=O) groups is 1. The van der Waals surface area contributed by atoms with Crippen LogP contribution in [0.4, 0.5) is 5.69 Å². The van der Waals surface area contributed by atoms with E-state index in [1.54, 1.807) is 18.9 Å². The molecule has 0 aromatic heterocycles. The van der Waals surface area contributed by atoms with Crippen molar-refractivity contribution >= 4 is 23.4 Å². The minimum atomic E-state index is -0.762. The van der Waals surface area contributed by atoms with E-state index in [0.29, 0.717) is 0 Å². The normalized spacial score (nSPS) is 18.4. The van der Waals surface area contributed by atoms with Gasteiger partial charge in [0, 0.05) is 23.7 Å². The molecular formula is C13H17NO3S. The summed E-state index contributed by atoms with van der Waals surface area (Å²) in [6, 6.07) is 3.99. The molecule has 0 saturated carbocycles. The number of hydrogen-bond acceptors (Lipinski definition) is 4. The number of nitrogens with zero attached hydrogens (tertiary/aromatic N) is 1. The van der Waals surface area contributed by atoms with Crippen molar-refractivity contribution < 1.29 is 14.6 Å². The highest BCUT2D eigenvalue weighted by atomic mass is 32.2. The zero-order valence-electron chi connectivity index (χ0n) is 10.8. The van der Waals surface area contributed by atoms with Gasteiger partial charge in [0.1, 0.15) is 5.75 Å². The van der Waals surface area contributed by atoms with Crippen LogP contribution in [0.3, 0.4) is 0 Å². The lowest BCUT2D eigenvalue weighted by atomic mass is 10.1. The second-order valence-electron chi connectivity index (χ2n) is 4.44. The molecule has 0 saturated heterocycles. The van der Waals surface area contributed by atoms with Crippen LogP contribution in [-0.2, 0) is 4.79 Å². The molecule has 4 nitrogen and oxygen atoms in total. The van der Waals surface area contributed by atoms with E-state index in [2.05, 4.69) is 6.92 Å². The smallest absolute Gasteiger partial charge is 0.305 e. The van der Waals surface area contributed by atoms with E-state index in [4.69, 9.17) is 9.84 Å². The van der Waals surface area contributed by atoms with Crippen LogP contribution in [0.15, 0.2) is 17.0 Å². The number of aliphatic carboxylic acids is 1. The second kappa shape index (κ2) is 5.10. The molecule has 1 atom stereocenters.